The lowest BCUT2D eigenvalue weighted by Crippen LogP contribution is -2.46. The van der Waals surface area contributed by atoms with Crippen LogP contribution in [0.5, 0.6) is 0 Å². The zero-order valence-electron chi connectivity index (χ0n) is 13.0. The molecule has 0 saturated carbocycles. The average Bonchev–Trinajstić information content (AvgIpc) is 3.03. The summed E-state index contributed by atoms with van der Waals surface area (Å²) >= 11 is 0. The summed E-state index contributed by atoms with van der Waals surface area (Å²) in [6.07, 6.45) is 5.65. The first-order valence-corrected chi connectivity index (χ1v) is 7.43. The molecule has 1 saturated heterocycles. The normalized spacial score (nSPS) is 16.9. The molecular formula is C14H25Cl2N5O2. The average molecular weight is 366 g/mol. The minimum atomic E-state index is -0.112. The Hall–Kier alpha value is -1.31. The van der Waals surface area contributed by atoms with E-state index in [9.17, 15) is 9.59 Å². The van der Waals surface area contributed by atoms with Gasteiger partial charge in [-0.1, -0.05) is 0 Å². The van der Waals surface area contributed by atoms with Gasteiger partial charge in [-0.3, -0.25) is 14.3 Å². The second-order valence-corrected chi connectivity index (χ2v) is 5.28. The van der Waals surface area contributed by atoms with Gasteiger partial charge >= 0.3 is 0 Å². The number of nitrogens with zero attached hydrogens (tertiary/aromatic N) is 3. The van der Waals surface area contributed by atoms with Crippen molar-refractivity contribution in [2.45, 2.75) is 25.8 Å². The Kier molecular flexibility index (Phi) is 10.6. The molecule has 2 amide bonds. The maximum Gasteiger partial charge on any atom is 0.224 e. The fourth-order valence-electron chi connectivity index (χ4n) is 2.56. The van der Waals surface area contributed by atoms with Crippen molar-refractivity contribution >= 4 is 36.6 Å². The van der Waals surface area contributed by atoms with E-state index < -0.39 is 0 Å². The van der Waals surface area contributed by atoms with Gasteiger partial charge in [0.2, 0.25) is 11.8 Å². The molecule has 0 aliphatic carbocycles. The van der Waals surface area contributed by atoms with E-state index in [1.807, 2.05) is 12.3 Å². The molecule has 7 nitrogen and oxygen atoms in total. The molecule has 1 aromatic heterocycles. The van der Waals surface area contributed by atoms with Crippen LogP contribution in [0.4, 0.5) is 0 Å². The van der Waals surface area contributed by atoms with E-state index in [4.69, 9.17) is 5.73 Å². The highest BCUT2D eigenvalue weighted by molar-refractivity contribution is 5.85. The number of hydrogen-bond donors (Lipinski definition) is 2. The van der Waals surface area contributed by atoms with Gasteiger partial charge < -0.3 is 16.0 Å². The van der Waals surface area contributed by atoms with Gasteiger partial charge in [0.05, 0.1) is 5.92 Å². The summed E-state index contributed by atoms with van der Waals surface area (Å²) in [4.78, 5) is 26.0. The molecule has 2 rings (SSSR count). The Morgan fingerprint density at radius 1 is 1.35 bits per heavy atom. The molecule has 23 heavy (non-hydrogen) atoms. The van der Waals surface area contributed by atoms with Crippen molar-refractivity contribution in [1.29, 1.82) is 0 Å². The highest BCUT2D eigenvalue weighted by atomic mass is 35.5. The minimum Gasteiger partial charge on any atom is -0.355 e. The number of halogens is 2. The number of rotatable bonds is 6. The van der Waals surface area contributed by atoms with Gasteiger partial charge in [0.1, 0.15) is 0 Å². The Balaban J connectivity index is 0.00000242. The van der Waals surface area contributed by atoms with Gasteiger partial charge in [-0.25, -0.2) is 0 Å². The molecule has 3 N–H and O–H groups in total. The maximum atomic E-state index is 12.2. The third-order valence-corrected chi connectivity index (χ3v) is 3.70. The van der Waals surface area contributed by atoms with Crippen molar-refractivity contribution in [1.82, 2.24) is 20.0 Å². The van der Waals surface area contributed by atoms with Crippen molar-refractivity contribution in [3.63, 3.8) is 0 Å². The van der Waals surface area contributed by atoms with Crippen LogP contribution < -0.4 is 11.1 Å². The summed E-state index contributed by atoms with van der Waals surface area (Å²) in [6, 6.07) is 1.84. The molecule has 0 radical (unpaired) electrons. The summed E-state index contributed by atoms with van der Waals surface area (Å²) in [7, 11) is 0. The van der Waals surface area contributed by atoms with E-state index in [1.165, 1.54) is 0 Å². The number of aromatic nitrogens is 2. The Labute approximate surface area is 148 Å². The molecular weight excluding hydrogens is 341 g/mol. The first kappa shape index (κ1) is 21.7. The van der Waals surface area contributed by atoms with Crippen LogP contribution in [0.1, 0.15) is 19.3 Å². The second kappa shape index (κ2) is 11.3. The SMILES string of the molecule is Cl.Cl.NCCNC(=O)C1CCCN(C(=O)CCn2cccn2)C1. The Morgan fingerprint density at radius 3 is 2.78 bits per heavy atom. The summed E-state index contributed by atoms with van der Waals surface area (Å²) in [5, 5.41) is 6.88. The van der Waals surface area contributed by atoms with Crippen LogP contribution >= 0.6 is 24.8 Å². The monoisotopic (exact) mass is 365 g/mol. The lowest BCUT2D eigenvalue weighted by Gasteiger charge is -2.32. The number of piperidine rings is 1. The van der Waals surface area contributed by atoms with Gasteiger partial charge in [0.15, 0.2) is 0 Å². The van der Waals surface area contributed by atoms with Gasteiger partial charge in [0, 0.05) is 51.5 Å². The molecule has 1 unspecified atom stereocenters. The standard InChI is InChI=1S/C14H23N5O2.2ClH/c15-5-7-16-14(21)12-3-1-8-18(11-12)13(20)4-10-19-9-2-6-17-19;;/h2,6,9,12H,1,3-5,7-8,10-11,15H2,(H,16,21);2*1H. The minimum absolute atomic E-state index is 0. The molecule has 1 aromatic rings. The zero-order chi connectivity index (χ0) is 15.1. The number of nitrogens with one attached hydrogen (secondary N) is 1. The van der Waals surface area contributed by atoms with E-state index in [-0.39, 0.29) is 42.5 Å². The molecule has 1 fully saturated rings. The van der Waals surface area contributed by atoms with E-state index in [0.717, 1.165) is 19.4 Å². The third-order valence-electron chi connectivity index (χ3n) is 3.70. The van der Waals surface area contributed by atoms with Crippen LogP contribution in [0.15, 0.2) is 18.5 Å². The molecule has 0 aromatic carbocycles. The molecule has 0 spiro atoms. The zero-order valence-corrected chi connectivity index (χ0v) is 14.7. The van der Waals surface area contributed by atoms with Crippen LogP contribution in [-0.2, 0) is 16.1 Å². The number of amides is 2. The van der Waals surface area contributed by atoms with Crippen molar-refractivity contribution in [3.8, 4) is 0 Å². The fraction of sp³-hybridized carbons (Fsp3) is 0.643. The highest BCUT2D eigenvalue weighted by Gasteiger charge is 2.27. The molecule has 9 heteroatoms. The van der Waals surface area contributed by atoms with Crippen molar-refractivity contribution in [2.24, 2.45) is 11.7 Å². The van der Waals surface area contributed by atoms with Crippen LogP contribution in [0.25, 0.3) is 0 Å². The first-order chi connectivity index (χ1) is 10.2. The number of aryl methyl sites for hydroxylation is 1. The number of carbonyl (C=O) groups is 2. The molecule has 1 aliphatic heterocycles. The highest BCUT2D eigenvalue weighted by Crippen LogP contribution is 2.17. The van der Waals surface area contributed by atoms with Crippen molar-refractivity contribution < 1.29 is 9.59 Å². The smallest absolute Gasteiger partial charge is 0.224 e. The van der Waals surface area contributed by atoms with Gasteiger partial charge in [-0.2, -0.15) is 5.10 Å². The van der Waals surface area contributed by atoms with Crippen molar-refractivity contribution in [3.05, 3.63) is 18.5 Å². The predicted molar refractivity (Wildman–Crippen MR) is 92.7 cm³/mol. The molecule has 2 heterocycles. The van der Waals surface area contributed by atoms with Gasteiger partial charge in [-0.05, 0) is 18.9 Å². The number of nitrogens with two attached hydrogens (primary N) is 1. The van der Waals surface area contributed by atoms with Crippen molar-refractivity contribution in [2.75, 3.05) is 26.2 Å². The molecule has 0 bridgehead atoms. The molecule has 1 aliphatic rings. The lowest BCUT2D eigenvalue weighted by atomic mass is 9.97. The maximum absolute atomic E-state index is 12.2. The predicted octanol–water partition coefficient (Wildman–Crippen LogP) is 0.430. The number of carbonyl (C=O) groups excluding carboxylic acids is 2. The topological polar surface area (TPSA) is 93.3 Å². The quantitative estimate of drug-likeness (QED) is 0.764. The van der Waals surface area contributed by atoms with Crippen LogP contribution in [0.2, 0.25) is 0 Å². The summed E-state index contributed by atoms with van der Waals surface area (Å²) in [5.74, 6) is -0.0224. The number of likely N-dealkylation sites (tertiary alicyclic amines) is 1. The summed E-state index contributed by atoms with van der Waals surface area (Å²) < 4.78 is 1.74. The van der Waals surface area contributed by atoms with Crippen LogP contribution in [0.3, 0.4) is 0 Å². The van der Waals surface area contributed by atoms with E-state index in [2.05, 4.69) is 10.4 Å². The largest absolute Gasteiger partial charge is 0.355 e. The van der Waals surface area contributed by atoms with E-state index in [1.54, 1.807) is 15.8 Å². The molecule has 132 valence electrons. The second-order valence-electron chi connectivity index (χ2n) is 5.28. The van der Waals surface area contributed by atoms with Gasteiger partial charge in [0.25, 0.3) is 0 Å². The Morgan fingerprint density at radius 2 is 2.13 bits per heavy atom. The van der Waals surface area contributed by atoms with E-state index >= 15 is 0 Å². The fourth-order valence-corrected chi connectivity index (χ4v) is 2.56. The number of hydrogen-bond acceptors (Lipinski definition) is 4. The van der Waals surface area contributed by atoms with Crippen LogP contribution in [0, 0.1) is 5.92 Å². The Bertz CT molecular complexity index is 470. The molecule has 1 atom stereocenters. The van der Waals surface area contributed by atoms with Gasteiger partial charge in [-0.15, -0.1) is 24.8 Å². The summed E-state index contributed by atoms with van der Waals surface area (Å²) in [6.45, 7) is 2.74. The summed E-state index contributed by atoms with van der Waals surface area (Å²) in [5.41, 5.74) is 5.38. The first-order valence-electron chi connectivity index (χ1n) is 7.43. The third kappa shape index (κ3) is 6.76. The van der Waals surface area contributed by atoms with Crippen LogP contribution in [-0.4, -0.2) is 52.7 Å². The lowest BCUT2D eigenvalue weighted by molar-refractivity contribution is -0.135. The van der Waals surface area contributed by atoms with E-state index in [0.29, 0.717) is 32.6 Å².